The summed E-state index contributed by atoms with van der Waals surface area (Å²) in [4.78, 5) is 16.0. The summed E-state index contributed by atoms with van der Waals surface area (Å²) in [7, 11) is 2.46. The van der Waals surface area contributed by atoms with Crippen LogP contribution in [0.25, 0.3) is 0 Å². The molecular formula is C12H15ClNO2P. The molecule has 1 aromatic rings. The number of aromatic nitrogens is 1. The molecule has 0 aliphatic heterocycles. The Balaban J connectivity index is 2.49. The van der Waals surface area contributed by atoms with Crippen molar-refractivity contribution in [1.82, 2.24) is 4.98 Å². The van der Waals surface area contributed by atoms with Crippen LogP contribution in [0.1, 0.15) is 42.7 Å². The van der Waals surface area contributed by atoms with Gasteiger partial charge in [0.25, 0.3) is 0 Å². The van der Waals surface area contributed by atoms with Crippen LogP contribution in [0, 0.1) is 5.92 Å². The van der Waals surface area contributed by atoms with Crippen molar-refractivity contribution < 1.29 is 9.90 Å². The topological polar surface area (TPSA) is 50.2 Å². The van der Waals surface area contributed by atoms with Gasteiger partial charge in [0.15, 0.2) is 5.78 Å². The van der Waals surface area contributed by atoms with Gasteiger partial charge in [-0.15, -0.1) is 9.24 Å². The maximum absolute atomic E-state index is 11.9. The average molecular weight is 272 g/mol. The number of ketones is 1. The Kier molecular flexibility index (Phi) is 3.28. The molecule has 1 fully saturated rings. The number of hydrogen-bond donors (Lipinski definition) is 1. The van der Waals surface area contributed by atoms with Gasteiger partial charge in [-0.3, -0.25) is 4.79 Å². The Morgan fingerprint density at radius 2 is 2.18 bits per heavy atom. The Morgan fingerprint density at radius 1 is 1.59 bits per heavy atom. The first kappa shape index (κ1) is 12.9. The fourth-order valence-corrected chi connectivity index (χ4v) is 2.40. The zero-order chi connectivity index (χ0) is 12.8. The quantitative estimate of drug-likeness (QED) is 0.520. The normalized spacial score (nSPS) is 16.1. The van der Waals surface area contributed by atoms with Crippen LogP contribution in [0.15, 0.2) is 6.07 Å². The Labute approximate surface area is 108 Å². The van der Waals surface area contributed by atoms with Gasteiger partial charge in [0.05, 0.1) is 5.60 Å². The van der Waals surface area contributed by atoms with Crippen molar-refractivity contribution in [1.29, 1.82) is 0 Å². The van der Waals surface area contributed by atoms with E-state index in [1.54, 1.807) is 19.9 Å². The van der Waals surface area contributed by atoms with Crippen LogP contribution in [0.3, 0.4) is 0 Å². The van der Waals surface area contributed by atoms with E-state index in [1.165, 1.54) is 0 Å². The number of aliphatic hydroxyl groups is 1. The summed E-state index contributed by atoms with van der Waals surface area (Å²) in [6, 6.07) is 1.65. The molecule has 1 aliphatic rings. The van der Waals surface area contributed by atoms with E-state index in [4.69, 9.17) is 11.6 Å². The third-order valence-electron chi connectivity index (χ3n) is 2.87. The number of Topliss-reactive ketones (excluding diaryl/α,β-unsaturated/α-hetero) is 1. The minimum Gasteiger partial charge on any atom is -0.386 e. The van der Waals surface area contributed by atoms with Crippen LogP contribution in [-0.4, -0.2) is 15.9 Å². The first-order valence-electron chi connectivity index (χ1n) is 5.54. The van der Waals surface area contributed by atoms with E-state index in [-0.39, 0.29) is 16.9 Å². The van der Waals surface area contributed by atoms with Crippen molar-refractivity contribution >= 4 is 31.9 Å². The molecule has 1 N–H and O–H groups in total. The van der Waals surface area contributed by atoms with Gasteiger partial charge < -0.3 is 5.11 Å². The molecule has 0 bridgehead atoms. The highest BCUT2D eigenvalue weighted by Crippen LogP contribution is 2.33. The van der Waals surface area contributed by atoms with Crippen LogP contribution in [-0.2, 0) is 5.60 Å². The second-order valence-corrected chi connectivity index (χ2v) is 5.89. The molecule has 0 radical (unpaired) electrons. The summed E-state index contributed by atoms with van der Waals surface area (Å²) in [6.07, 6.45) is 1.86. The van der Waals surface area contributed by atoms with Crippen molar-refractivity contribution in [3.8, 4) is 0 Å². The van der Waals surface area contributed by atoms with Crippen LogP contribution in [0.2, 0.25) is 5.15 Å². The van der Waals surface area contributed by atoms with Crippen molar-refractivity contribution in [3.63, 3.8) is 0 Å². The summed E-state index contributed by atoms with van der Waals surface area (Å²) in [5.41, 5.74) is -0.0465. The molecule has 1 aliphatic carbocycles. The lowest BCUT2D eigenvalue weighted by Gasteiger charge is -2.21. The highest BCUT2D eigenvalue weighted by molar-refractivity contribution is 7.28. The van der Waals surface area contributed by atoms with Crippen molar-refractivity contribution in [2.75, 3.05) is 0 Å². The van der Waals surface area contributed by atoms with E-state index >= 15 is 0 Å². The maximum atomic E-state index is 11.9. The van der Waals surface area contributed by atoms with Gasteiger partial charge >= 0.3 is 0 Å². The van der Waals surface area contributed by atoms with Gasteiger partial charge in [-0.25, -0.2) is 4.98 Å². The maximum Gasteiger partial charge on any atom is 0.184 e. The molecule has 2 rings (SSSR count). The predicted molar refractivity (Wildman–Crippen MR) is 70.9 cm³/mol. The minimum atomic E-state index is -1.04. The number of carbonyl (C=O) groups is 1. The summed E-state index contributed by atoms with van der Waals surface area (Å²) >= 11 is 6.00. The molecule has 0 saturated heterocycles. The average Bonchev–Trinajstić information content (AvgIpc) is 3.02. The number of carbonyl (C=O) groups excluding carboxylic acids is 1. The van der Waals surface area contributed by atoms with Crippen molar-refractivity contribution in [3.05, 3.63) is 22.5 Å². The first-order chi connectivity index (χ1) is 7.80. The zero-order valence-corrected chi connectivity index (χ0v) is 11.7. The highest BCUT2D eigenvalue weighted by Gasteiger charge is 2.33. The molecule has 92 valence electrons. The molecular weight excluding hydrogens is 257 g/mol. The predicted octanol–water partition coefficient (Wildman–Crippen LogP) is 2.06. The molecule has 0 amide bonds. The summed E-state index contributed by atoms with van der Waals surface area (Å²) in [6.45, 7) is 3.33. The van der Waals surface area contributed by atoms with E-state index < -0.39 is 5.60 Å². The Morgan fingerprint density at radius 3 is 2.65 bits per heavy atom. The van der Waals surface area contributed by atoms with Gasteiger partial charge in [-0.1, -0.05) is 11.6 Å². The second kappa shape index (κ2) is 4.31. The smallest absolute Gasteiger partial charge is 0.184 e. The number of hydrogen-bond acceptors (Lipinski definition) is 3. The third kappa shape index (κ3) is 2.67. The van der Waals surface area contributed by atoms with Crippen molar-refractivity contribution in [2.45, 2.75) is 32.3 Å². The van der Waals surface area contributed by atoms with E-state index in [0.29, 0.717) is 16.6 Å². The van der Waals surface area contributed by atoms with E-state index in [1.807, 2.05) is 0 Å². The highest BCUT2D eigenvalue weighted by atomic mass is 35.5. The first-order valence-corrected chi connectivity index (χ1v) is 6.49. The monoisotopic (exact) mass is 271 g/mol. The number of halogens is 1. The molecule has 17 heavy (non-hydrogen) atoms. The summed E-state index contributed by atoms with van der Waals surface area (Å²) < 4.78 is 0. The molecule has 1 saturated carbocycles. The second-order valence-electron chi connectivity index (χ2n) is 4.96. The lowest BCUT2D eigenvalue weighted by Crippen LogP contribution is -2.25. The number of nitrogens with zero attached hydrogens (tertiary/aromatic N) is 1. The van der Waals surface area contributed by atoms with E-state index in [2.05, 4.69) is 14.2 Å². The molecule has 3 nitrogen and oxygen atoms in total. The van der Waals surface area contributed by atoms with Crippen LogP contribution in [0.4, 0.5) is 0 Å². The van der Waals surface area contributed by atoms with Crippen molar-refractivity contribution in [2.24, 2.45) is 5.92 Å². The molecule has 5 heteroatoms. The number of pyridine rings is 1. The molecule has 0 spiro atoms. The van der Waals surface area contributed by atoms with Crippen LogP contribution in [0.5, 0.6) is 0 Å². The lowest BCUT2D eigenvalue weighted by atomic mass is 9.97. The van der Waals surface area contributed by atoms with Gasteiger partial charge in [-0.05, 0) is 38.3 Å². The van der Waals surface area contributed by atoms with Gasteiger partial charge in [0.1, 0.15) is 10.8 Å². The summed E-state index contributed by atoms with van der Waals surface area (Å²) in [5.74, 6) is 0.131. The van der Waals surface area contributed by atoms with Crippen LogP contribution < -0.4 is 5.30 Å². The standard InChI is InChI=1S/C12H15ClNO2P/c1-12(2,16)7-5-8(9(15)6-3-4-6)14-11(13)10(7)17/h5-6,16H,3-4,17H2,1-2H3. The van der Waals surface area contributed by atoms with Gasteiger partial charge in [-0.2, -0.15) is 0 Å². The van der Waals surface area contributed by atoms with E-state index in [0.717, 1.165) is 12.8 Å². The molecule has 1 atom stereocenters. The third-order valence-corrected chi connectivity index (χ3v) is 3.93. The SMILES string of the molecule is CC(C)(O)c1cc(C(=O)C2CC2)nc(Cl)c1P. The number of rotatable bonds is 3. The van der Waals surface area contributed by atoms with Crippen LogP contribution >= 0.6 is 20.8 Å². The Bertz CT molecular complexity index is 478. The van der Waals surface area contributed by atoms with E-state index in [9.17, 15) is 9.90 Å². The summed E-state index contributed by atoms with van der Waals surface area (Å²) in [5, 5.41) is 11.0. The van der Waals surface area contributed by atoms with Gasteiger partial charge in [0.2, 0.25) is 0 Å². The largest absolute Gasteiger partial charge is 0.386 e. The fourth-order valence-electron chi connectivity index (χ4n) is 1.71. The molecule has 1 heterocycles. The Hall–Kier alpha value is -0.500. The fraction of sp³-hybridized carbons (Fsp3) is 0.500. The minimum absolute atomic E-state index is 0.0300. The zero-order valence-electron chi connectivity index (χ0n) is 9.83. The molecule has 1 aromatic heterocycles. The van der Waals surface area contributed by atoms with Gasteiger partial charge in [0, 0.05) is 11.2 Å². The molecule has 0 aromatic carbocycles. The lowest BCUT2D eigenvalue weighted by molar-refractivity contribution is 0.0794. The molecule has 1 unspecified atom stereocenters.